The van der Waals surface area contributed by atoms with E-state index in [4.69, 9.17) is 0 Å². The van der Waals surface area contributed by atoms with Crippen molar-refractivity contribution in [3.05, 3.63) is 30.2 Å². The van der Waals surface area contributed by atoms with Crippen molar-refractivity contribution in [1.82, 2.24) is 24.4 Å². The summed E-state index contributed by atoms with van der Waals surface area (Å²) in [5.74, 6) is 0.0934. The largest absolute Gasteiger partial charge is 0.338 e. The van der Waals surface area contributed by atoms with Crippen molar-refractivity contribution in [3.63, 3.8) is 0 Å². The molecule has 0 aliphatic carbocycles. The minimum Gasteiger partial charge on any atom is -0.338 e. The second kappa shape index (κ2) is 5.60. The highest BCUT2D eigenvalue weighted by Crippen LogP contribution is 2.38. The first-order valence-corrected chi connectivity index (χ1v) is 8.43. The van der Waals surface area contributed by atoms with Crippen molar-refractivity contribution in [2.75, 3.05) is 33.2 Å². The molecule has 0 bridgehead atoms. The molecule has 4 rings (SSSR count). The van der Waals surface area contributed by atoms with Gasteiger partial charge < -0.3 is 9.80 Å². The zero-order valence-electron chi connectivity index (χ0n) is 13.6. The molecule has 0 radical (unpaired) electrons. The van der Waals surface area contributed by atoms with Crippen LogP contribution in [0.3, 0.4) is 0 Å². The van der Waals surface area contributed by atoms with Crippen molar-refractivity contribution in [3.8, 4) is 0 Å². The zero-order chi connectivity index (χ0) is 15.9. The molecule has 23 heavy (non-hydrogen) atoms. The first-order valence-electron chi connectivity index (χ1n) is 8.43. The van der Waals surface area contributed by atoms with Crippen LogP contribution < -0.4 is 0 Å². The fraction of sp³-hybridized carbons (Fsp3) is 0.588. The van der Waals surface area contributed by atoms with E-state index in [1.807, 2.05) is 23.2 Å². The number of carbonyl (C=O) groups excluding carboxylic acids is 1. The fourth-order valence-corrected chi connectivity index (χ4v) is 4.36. The molecule has 2 aromatic heterocycles. The number of likely N-dealkylation sites (tertiary alicyclic amines) is 2. The minimum absolute atomic E-state index is 0.0934. The molecule has 0 N–H and O–H groups in total. The number of amides is 1. The SMILES string of the molecule is CN1CCC[C@]2(CCCN(C(=O)c3cccn4cnnc34)C2)C1. The topological polar surface area (TPSA) is 53.7 Å². The van der Waals surface area contributed by atoms with Crippen LogP contribution in [0.5, 0.6) is 0 Å². The first kappa shape index (κ1) is 14.6. The first-order chi connectivity index (χ1) is 11.2. The Labute approximate surface area is 136 Å². The van der Waals surface area contributed by atoms with Crippen LogP contribution in [0, 0.1) is 5.41 Å². The van der Waals surface area contributed by atoms with Gasteiger partial charge in [-0.25, -0.2) is 0 Å². The summed E-state index contributed by atoms with van der Waals surface area (Å²) in [6.45, 7) is 3.99. The third-order valence-corrected chi connectivity index (χ3v) is 5.35. The molecular weight excluding hydrogens is 290 g/mol. The van der Waals surface area contributed by atoms with Crippen LogP contribution in [-0.2, 0) is 0 Å². The average molecular weight is 313 g/mol. The van der Waals surface area contributed by atoms with E-state index in [9.17, 15) is 4.79 Å². The van der Waals surface area contributed by atoms with Crippen molar-refractivity contribution < 1.29 is 4.79 Å². The summed E-state index contributed by atoms with van der Waals surface area (Å²) in [4.78, 5) is 17.5. The maximum Gasteiger partial charge on any atom is 0.257 e. The van der Waals surface area contributed by atoms with Crippen LogP contribution in [0.15, 0.2) is 24.7 Å². The van der Waals surface area contributed by atoms with Gasteiger partial charge in [-0.2, -0.15) is 0 Å². The van der Waals surface area contributed by atoms with Crippen LogP contribution in [0.2, 0.25) is 0 Å². The Morgan fingerprint density at radius 2 is 2.04 bits per heavy atom. The fourth-order valence-electron chi connectivity index (χ4n) is 4.36. The van der Waals surface area contributed by atoms with E-state index in [2.05, 4.69) is 22.1 Å². The van der Waals surface area contributed by atoms with Crippen molar-refractivity contribution in [2.24, 2.45) is 5.41 Å². The molecule has 0 saturated carbocycles. The van der Waals surface area contributed by atoms with Crippen molar-refractivity contribution >= 4 is 11.6 Å². The van der Waals surface area contributed by atoms with Gasteiger partial charge in [0.25, 0.3) is 5.91 Å². The molecule has 6 nitrogen and oxygen atoms in total. The highest BCUT2D eigenvalue weighted by molar-refractivity contribution is 5.99. The Balaban J connectivity index is 1.60. The van der Waals surface area contributed by atoms with Gasteiger partial charge in [0.1, 0.15) is 6.33 Å². The Kier molecular flexibility index (Phi) is 3.56. The van der Waals surface area contributed by atoms with Crippen molar-refractivity contribution in [2.45, 2.75) is 25.7 Å². The Bertz CT molecular complexity index is 723. The highest BCUT2D eigenvalue weighted by atomic mass is 16.2. The van der Waals surface area contributed by atoms with Gasteiger partial charge >= 0.3 is 0 Å². The lowest BCUT2D eigenvalue weighted by Crippen LogP contribution is -2.52. The van der Waals surface area contributed by atoms with Gasteiger partial charge in [-0.15, -0.1) is 10.2 Å². The number of hydrogen-bond acceptors (Lipinski definition) is 4. The van der Waals surface area contributed by atoms with Crippen LogP contribution in [0.25, 0.3) is 5.65 Å². The van der Waals surface area contributed by atoms with Crippen LogP contribution in [0.1, 0.15) is 36.0 Å². The summed E-state index contributed by atoms with van der Waals surface area (Å²) >= 11 is 0. The predicted octanol–water partition coefficient (Wildman–Crippen LogP) is 1.68. The van der Waals surface area contributed by atoms with Gasteiger partial charge in [-0.05, 0) is 51.4 Å². The number of fused-ring (bicyclic) bond motifs is 1. The number of aromatic nitrogens is 3. The lowest BCUT2D eigenvalue weighted by atomic mass is 9.74. The van der Waals surface area contributed by atoms with Gasteiger partial charge in [0.15, 0.2) is 5.65 Å². The number of nitrogens with zero attached hydrogens (tertiary/aromatic N) is 5. The van der Waals surface area contributed by atoms with E-state index in [-0.39, 0.29) is 11.3 Å². The van der Waals surface area contributed by atoms with E-state index in [1.54, 1.807) is 10.7 Å². The van der Waals surface area contributed by atoms with E-state index >= 15 is 0 Å². The Morgan fingerprint density at radius 3 is 2.87 bits per heavy atom. The summed E-state index contributed by atoms with van der Waals surface area (Å²) in [5.41, 5.74) is 1.59. The molecule has 2 aliphatic rings. The normalized spacial score (nSPS) is 26.0. The van der Waals surface area contributed by atoms with E-state index in [0.717, 1.165) is 26.1 Å². The zero-order valence-corrected chi connectivity index (χ0v) is 13.6. The molecule has 122 valence electrons. The summed E-state index contributed by atoms with van der Waals surface area (Å²) in [6.07, 6.45) is 8.31. The minimum atomic E-state index is 0.0934. The molecule has 4 heterocycles. The second-order valence-electron chi connectivity index (χ2n) is 7.16. The summed E-state index contributed by atoms with van der Waals surface area (Å²) in [6, 6.07) is 3.75. The van der Waals surface area contributed by atoms with Crippen LogP contribution >= 0.6 is 0 Å². The molecule has 2 aromatic rings. The Morgan fingerprint density at radius 1 is 1.22 bits per heavy atom. The maximum atomic E-state index is 13.1. The highest BCUT2D eigenvalue weighted by Gasteiger charge is 2.40. The average Bonchev–Trinajstić information content (AvgIpc) is 3.02. The molecular formula is C17H23N5O. The molecule has 0 unspecified atom stereocenters. The van der Waals surface area contributed by atoms with Gasteiger partial charge in [0.2, 0.25) is 0 Å². The molecule has 1 atom stereocenters. The molecule has 2 fully saturated rings. The maximum absolute atomic E-state index is 13.1. The number of rotatable bonds is 1. The lowest BCUT2D eigenvalue weighted by molar-refractivity contribution is 0.0207. The quantitative estimate of drug-likeness (QED) is 0.804. The van der Waals surface area contributed by atoms with Gasteiger partial charge in [-0.3, -0.25) is 9.20 Å². The lowest BCUT2D eigenvalue weighted by Gasteiger charge is -2.47. The summed E-state index contributed by atoms with van der Waals surface area (Å²) in [7, 11) is 2.19. The van der Waals surface area contributed by atoms with Gasteiger partial charge in [-0.1, -0.05) is 0 Å². The Hall–Kier alpha value is -1.95. The molecule has 6 heteroatoms. The predicted molar refractivity (Wildman–Crippen MR) is 87.3 cm³/mol. The number of piperidine rings is 2. The number of hydrogen-bond donors (Lipinski definition) is 0. The van der Waals surface area contributed by atoms with Gasteiger partial charge in [0, 0.05) is 31.2 Å². The standard InChI is InChI=1S/C17H23N5O/c1-20-8-3-6-17(11-20)7-4-10-21(12-17)16(23)14-5-2-9-22-13-18-19-15(14)22/h2,5,9,13H,3-4,6-8,10-12H2,1H3/t17-/m0/s1. The van der Waals surface area contributed by atoms with Gasteiger partial charge in [0.05, 0.1) is 5.56 Å². The molecule has 1 spiro atoms. The van der Waals surface area contributed by atoms with Crippen LogP contribution in [0.4, 0.5) is 0 Å². The molecule has 1 amide bonds. The summed E-state index contributed by atoms with van der Waals surface area (Å²) in [5, 5.41) is 8.03. The van der Waals surface area contributed by atoms with Crippen molar-refractivity contribution in [1.29, 1.82) is 0 Å². The third kappa shape index (κ3) is 2.61. The number of carbonyl (C=O) groups is 1. The summed E-state index contributed by atoms with van der Waals surface area (Å²) < 4.78 is 1.81. The molecule has 2 saturated heterocycles. The number of pyridine rings is 1. The second-order valence-corrected chi connectivity index (χ2v) is 7.16. The van der Waals surface area contributed by atoms with E-state index in [0.29, 0.717) is 11.2 Å². The van der Waals surface area contributed by atoms with E-state index < -0.39 is 0 Å². The molecule has 2 aliphatic heterocycles. The molecule has 0 aromatic carbocycles. The third-order valence-electron chi connectivity index (χ3n) is 5.35. The van der Waals surface area contributed by atoms with E-state index in [1.165, 1.54) is 25.8 Å². The van der Waals surface area contributed by atoms with Crippen LogP contribution in [-0.4, -0.2) is 63.5 Å². The monoisotopic (exact) mass is 313 g/mol. The smallest absolute Gasteiger partial charge is 0.257 e.